The molecule has 0 aliphatic heterocycles. The predicted molar refractivity (Wildman–Crippen MR) is 71.5 cm³/mol. The monoisotopic (exact) mass is 277 g/mol. The summed E-state index contributed by atoms with van der Waals surface area (Å²) in [6.45, 7) is 0.501. The van der Waals surface area contributed by atoms with Gasteiger partial charge in [0.15, 0.2) is 5.02 Å². The molecule has 1 aromatic carbocycles. The fourth-order valence-electron chi connectivity index (χ4n) is 2.50. The molecule has 1 aromatic heterocycles. The summed E-state index contributed by atoms with van der Waals surface area (Å²) in [6.07, 6.45) is 4.96. The fraction of sp³-hybridized carbons (Fsp3) is 0.308. The molecule has 5 nitrogen and oxygen atoms in total. The zero-order valence-electron chi connectivity index (χ0n) is 10.2. The molecular weight excluding hydrogens is 266 g/mol. The molecule has 1 heterocycles. The Hall–Kier alpha value is -1.88. The molecule has 0 radical (unpaired) electrons. The molecule has 19 heavy (non-hydrogen) atoms. The number of hydrogen-bond donors (Lipinski definition) is 0. The van der Waals surface area contributed by atoms with Crippen molar-refractivity contribution in [1.82, 2.24) is 9.78 Å². The van der Waals surface area contributed by atoms with Crippen molar-refractivity contribution in [1.29, 1.82) is 0 Å². The van der Waals surface area contributed by atoms with Gasteiger partial charge in [-0.25, -0.2) is 0 Å². The minimum absolute atomic E-state index is 0.0751. The van der Waals surface area contributed by atoms with Gasteiger partial charge < -0.3 is 10.1 Å². The second-order valence-electron chi connectivity index (χ2n) is 4.71. The molecule has 98 valence electrons. The van der Waals surface area contributed by atoms with E-state index in [1.807, 2.05) is 6.07 Å². The third-order valence-corrected chi connectivity index (χ3v) is 3.65. The van der Waals surface area contributed by atoms with E-state index in [0.717, 1.165) is 18.4 Å². The van der Waals surface area contributed by atoms with Crippen LogP contribution in [0.4, 0.5) is 5.82 Å². The molecule has 2 aromatic rings. The first-order valence-electron chi connectivity index (χ1n) is 6.11. The third kappa shape index (κ3) is 2.33. The van der Waals surface area contributed by atoms with E-state index in [0.29, 0.717) is 6.54 Å². The van der Waals surface area contributed by atoms with Gasteiger partial charge in [-0.15, -0.1) is 0 Å². The molecule has 6 heteroatoms. The van der Waals surface area contributed by atoms with Crippen LogP contribution >= 0.6 is 11.6 Å². The van der Waals surface area contributed by atoms with Crippen LogP contribution in [0.2, 0.25) is 5.02 Å². The summed E-state index contributed by atoms with van der Waals surface area (Å²) < 4.78 is 1.51. The first-order valence-corrected chi connectivity index (χ1v) is 6.49. The van der Waals surface area contributed by atoms with Crippen molar-refractivity contribution in [3.63, 3.8) is 0 Å². The van der Waals surface area contributed by atoms with E-state index in [1.54, 1.807) is 0 Å². The number of aryl methyl sites for hydroxylation is 2. The Balaban J connectivity index is 1.85. The summed E-state index contributed by atoms with van der Waals surface area (Å²) in [4.78, 5) is 10.1. The summed E-state index contributed by atoms with van der Waals surface area (Å²) in [6, 6.07) is 6.34. The van der Waals surface area contributed by atoms with E-state index in [1.165, 1.54) is 28.4 Å². The average molecular weight is 278 g/mol. The summed E-state index contributed by atoms with van der Waals surface area (Å²) in [5.41, 5.74) is 3.88. The summed E-state index contributed by atoms with van der Waals surface area (Å²) in [5, 5.41) is 14.6. The van der Waals surface area contributed by atoms with Gasteiger partial charge in [-0.05, 0) is 40.9 Å². The van der Waals surface area contributed by atoms with E-state index in [9.17, 15) is 10.1 Å². The summed E-state index contributed by atoms with van der Waals surface area (Å²) >= 11 is 5.77. The third-order valence-electron chi connectivity index (χ3n) is 3.38. The zero-order valence-corrected chi connectivity index (χ0v) is 10.9. The fourth-order valence-corrected chi connectivity index (χ4v) is 2.72. The van der Waals surface area contributed by atoms with E-state index in [2.05, 4.69) is 17.2 Å². The van der Waals surface area contributed by atoms with Crippen molar-refractivity contribution in [3.8, 4) is 0 Å². The van der Waals surface area contributed by atoms with Crippen molar-refractivity contribution >= 4 is 17.4 Å². The Bertz CT molecular complexity index is 651. The van der Waals surface area contributed by atoms with Gasteiger partial charge in [0, 0.05) is 0 Å². The first kappa shape index (κ1) is 12.2. The van der Waals surface area contributed by atoms with Crippen LogP contribution in [-0.4, -0.2) is 14.7 Å². The van der Waals surface area contributed by atoms with Gasteiger partial charge in [0.1, 0.15) is 0 Å². The largest absolute Gasteiger partial charge is 0.408 e. The number of aromatic nitrogens is 2. The lowest BCUT2D eigenvalue weighted by molar-refractivity contribution is -0.389. The summed E-state index contributed by atoms with van der Waals surface area (Å²) in [5.74, 6) is -0.289. The highest BCUT2D eigenvalue weighted by Crippen LogP contribution is 2.25. The quantitative estimate of drug-likeness (QED) is 0.640. The van der Waals surface area contributed by atoms with Gasteiger partial charge in [0.2, 0.25) is 0 Å². The maximum atomic E-state index is 10.7. The van der Waals surface area contributed by atoms with Gasteiger partial charge >= 0.3 is 5.82 Å². The van der Waals surface area contributed by atoms with Crippen LogP contribution in [0.15, 0.2) is 24.4 Å². The molecule has 0 spiro atoms. The highest BCUT2D eigenvalue weighted by atomic mass is 35.5. The molecule has 0 amide bonds. The number of halogens is 1. The smallest absolute Gasteiger partial charge is 0.358 e. The molecule has 0 bridgehead atoms. The average Bonchev–Trinajstić information content (AvgIpc) is 2.95. The number of nitro groups is 1. The molecule has 0 unspecified atom stereocenters. The minimum Gasteiger partial charge on any atom is -0.358 e. The van der Waals surface area contributed by atoms with Crippen LogP contribution < -0.4 is 0 Å². The Morgan fingerprint density at radius 2 is 2.16 bits per heavy atom. The second-order valence-corrected chi connectivity index (χ2v) is 5.12. The number of hydrogen-bond acceptors (Lipinski definition) is 3. The molecule has 3 rings (SSSR count). The standard InChI is InChI=1S/C13H12ClN3O2/c14-12-8-16(15-13(12)17(18)19)7-9-4-5-10-2-1-3-11(10)6-9/h4-6,8H,1-3,7H2. The molecular formula is C13H12ClN3O2. The van der Waals surface area contributed by atoms with Gasteiger partial charge in [-0.1, -0.05) is 29.8 Å². The highest BCUT2D eigenvalue weighted by Gasteiger charge is 2.19. The first-order chi connectivity index (χ1) is 9.13. The minimum atomic E-state index is -0.568. The van der Waals surface area contributed by atoms with Crippen LogP contribution in [0.1, 0.15) is 23.1 Å². The molecule has 0 N–H and O–H groups in total. The zero-order chi connectivity index (χ0) is 13.4. The molecule has 0 atom stereocenters. The Morgan fingerprint density at radius 3 is 2.89 bits per heavy atom. The molecule has 1 aliphatic carbocycles. The number of fused-ring (bicyclic) bond motifs is 1. The number of benzene rings is 1. The van der Waals surface area contributed by atoms with Crippen LogP contribution in [-0.2, 0) is 19.4 Å². The number of rotatable bonds is 3. The second kappa shape index (κ2) is 4.66. The van der Waals surface area contributed by atoms with Crippen LogP contribution in [0.3, 0.4) is 0 Å². The van der Waals surface area contributed by atoms with Gasteiger partial charge in [0.05, 0.1) is 17.8 Å². The molecule has 0 saturated heterocycles. The SMILES string of the molecule is O=[N+]([O-])c1nn(Cc2ccc3c(c2)CCC3)cc1Cl. The number of nitrogens with zero attached hydrogens (tertiary/aromatic N) is 3. The Labute approximate surface area is 115 Å². The van der Waals surface area contributed by atoms with E-state index >= 15 is 0 Å². The van der Waals surface area contributed by atoms with Crippen molar-refractivity contribution in [3.05, 3.63) is 56.2 Å². The molecule has 1 aliphatic rings. The van der Waals surface area contributed by atoms with Crippen molar-refractivity contribution in [2.45, 2.75) is 25.8 Å². The maximum Gasteiger partial charge on any atom is 0.408 e. The van der Waals surface area contributed by atoms with E-state index in [4.69, 9.17) is 11.6 Å². The van der Waals surface area contributed by atoms with Gasteiger partial charge in [0.25, 0.3) is 0 Å². The topological polar surface area (TPSA) is 61.0 Å². The maximum absolute atomic E-state index is 10.7. The lowest BCUT2D eigenvalue weighted by Gasteiger charge is -2.03. The van der Waals surface area contributed by atoms with Crippen LogP contribution in [0.25, 0.3) is 0 Å². The van der Waals surface area contributed by atoms with E-state index < -0.39 is 4.92 Å². The van der Waals surface area contributed by atoms with Gasteiger partial charge in [-0.2, -0.15) is 4.68 Å². The lowest BCUT2D eigenvalue weighted by Crippen LogP contribution is -2.02. The van der Waals surface area contributed by atoms with Crippen LogP contribution in [0, 0.1) is 10.1 Å². The van der Waals surface area contributed by atoms with Gasteiger partial charge in [-0.3, -0.25) is 0 Å². The van der Waals surface area contributed by atoms with Crippen molar-refractivity contribution < 1.29 is 4.92 Å². The van der Waals surface area contributed by atoms with E-state index in [-0.39, 0.29) is 10.8 Å². The Morgan fingerprint density at radius 1 is 1.37 bits per heavy atom. The molecule has 0 saturated carbocycles. The Kier molecular flexibility index (Phi) is 2.98. The predicted octanol–water partition coefficient (Wildman–Crippen LogP) is 2.98. The highest BCUT2D eigenvalue weighted by molar-refractivity contribution is 6.32. The van der Waals surface area contributed by atoms with Crippen molar-refractivity contribution in [2.75, 3.05) is 0 Å². The lowest BCUT2D eigenvalue weighted by atomic mass is 10.1. The normalized spacial score (nSPS) is 13.5. The van der Waals surface area contributed by atoms with Crippen molar-refractivity contribution in [2.24, 2.45) is 0 Å². The van der Waals surface area contributed by atoms with Crippen LogP contribution in [0.5, 0.6) is 0 Å². The molecule has 0 fully saturated rings. The summed E-state index contributed by atoms with van der Waals surface area (Å²) in [7, 11) is 0.